The molecule has 2 aromatic rings. The Balaban J connectivity index is 2.15. The third kappa shape index (κ3) is 4.56. The van der Waals surface area contributed by atoms with Gasteiger partial charge in [-0.25, -0.2) is 4.79 Å². The third-order valence-corrected chi connectivity index (χ3v) is 10.5. The molecule has 3 N–H and O–H groups in total. The Morgan fingerprint density at radius 3 is 2.21 bits per heavy atom. The van der Waals surface area contributed by atoms with Crippen LogP contribution in [0.25, 0.3) is 0 Å². The summed E-state index contributed by atoms with van der Waals surface area (Å²) in [4.78, 5) is 24.8. The summed E-state index contributed by atoms with van der Waals surface area (Å²) in [6.45, 7) is 12.6. The van der Waals surface area contributed by atoms with Gasteiger partial charge in [0, 0.05) is 5.69 Å². The Bertz CT molecular complexity index is 883. The van der Waals surface area contributed by atoms with Crippen LogP contribution in [0.2, 0.25) is 18.1 Å². The summed E-state index contributed by atoms with van der Waals surface area (Å²) >= 11 is 1.07. The number of nitrogen functional groups attached to an aromatic ring is 1. The number of hydrogen-bond donors (Lipinski definition) is 2. The number of esters is 1. The molecule has 2 rings (SSSR count). The van der Waals surface area contributed by atoms with Crippen molar-refractivity contribution in [3.63, 3.8) is 0 Å². The largest absolute Gasteiger partial charge is 0.544 e. The van der Waals surface area contributed by atoms with Crippen molar-refractivity contribution in [1.82, 2.24) is 0 Å². The van der Waals surface area contributed by atoms with Crippen molar-refractivity contribution >= 4 is 42.2 Å². The molecule has 0 saturated heterocycles. The number of rotatable bonds is 5. The van der Waals surface area contributed by atoms with E-state index in [1.165, 1.54) is 7.11 Å². The molecule has 28 heavy (non-hydrogen) atoms. The minimum atomic E-state index is -1.92. The number of hydrogen-bond acceptors (Lipinski definition) is 6. The summed E-state index contributed by atoms with van der Waals surface area (Å²) in [6, 6.07) is 7.30. The Kier molecular flexibility index (Phi) is 6.25. The summed E-state index contributed by atoms with van der Waals surface area (Å²) in [6.07, 6.45) is 0. The van der Waals surface area contributed by atoms with Gasteiger partial charge in [-0.05, 0) is 54.9 Å². The summed E-state index contributed by atoms with van der Waals surface area (Å²) < 4.78 is 11.0. The van der Waals surface area contributed by atoms with Gasteiger partial charge in [-0.15, -0.1) is 11.3 Å². The molecule has 0 aliphatic heterocycles. The first-order valence-electron chi connectivity index (χ1n) is 8.95. The van der Waals surface area contributed by atoms with Crippen LogP contribution in [0.15, 0.2) is 24.3 Å². The molecule has 1 amide bonds. The van der Waals surface area contributed by atoms with E-state index in [0.717, 1.165) is 17.1 Å². The Hall–Kier alpha value is -2.32. The lowest BCUT2D eigenvalue weighted by atomic mass is 10.1. The van der Waals surface area contributed by atoms with E-state index in [0.29, 0.717) is 16.1 Å². The number of ether oxygens (including phenoxy) is 1. The molecule has 0 saturated carbocycles. The van der Waals surface area contributed by atoms with Gasteiger partial charge in [-0.1, -0.05) is 20.8 Å². The zero-order valence-electron chi connectivity index (χ0n) is 17.4. The highest BCUT2D eigenvalue weighted by Gasteiger charge is 2.38. The van der Waals surface area contributed by atoms with Crippen LogP contribution in [-0.2, 0) is 4.74 Å². The molecule has 0 unspecified atom stereocenters. The van der Waals surface area contributed by atoms with E-state index in [-0.39, 0.29) is 21.5 Å². The monoisotopic (exact) mass is 420 g/mol. The molecule has 0 atom stereocenters. The number of nitrogens with one attached hydrogen (secondary N) is 1. The van der Waals surface area contributed by atoms with Crippen molar-refractivity contribution < 1.29 is 18.8 Å². The molecular formula is C20H28N2O4SSi. The van der Waals surface area contributed by atoms with E-state index in [4.69, 9.17) is 14.9 Å². The highest BCUT2D eigenvalue weighted by atomic mass is 32.1. The second-order valence-corrected chi connectivity index (χ2v) is 13.9. The van der Waals surface area contributed by atoms with Gasteiger partial charge in [-0.2, -0.15) is 0 Å². The van der Waals surface area contributed by atoms with Crippen LogP contribution < -0.4 is 15.5 Å². The average Bonchev–Trinajstić information content (AvgIpc) is 2.89. The van der Waals surface area contributed by atoms with E-state index in [2.05, 4.69) is 39.2 Å². The fraction of sp³-hybridized carbons (Fsp3) is 0.400. The Labute approximate surface area is 171 Å². The van der Waals surface area contributed by atoms with Gasteiger partial charge in [-0.3, -0.25) is 4.79 Å². The van der Waals surface area contributed by atoms with Crippen molar-refractivity contribution in [2.45, 2.75) is 45.8 Å². The molecule has 0 aliphatic carbocycles. The standard InChI is InChI=1S/C20H28N2O4SSi/c1-12-15(19(24)25-5)17(21)27-16(12)18(23)22-13-8-10-14(11-9-13)26-28(6,7)20(2,3)4/h8-11H,21H2,1-7H3,(H,22,23). The van der Waals surface area contributed by atoms with Crippen molar-refractivity contribution in [2.75, 3.05) is 18.2 Å². The quantitative estimate of drug-likeness (QED) is 0.521. The number of amides is 1. The number of nitrogens with two attached hydrogens (primary N) is 1. The molecule has 1 heterocycles. The molecule has 0 fully saturated rings. The normalized spacial score (nSPS) is 11.8. The first kappa shape index (κ1) is 22.0. The highest BCUT2D eigenvalue weighted by molar-refractivity contribution is 7.18. The molecule has 0 aliphatic rings. The molecule has 1 aromatic carbocycles. The zero-order chi connectivity index (χ0) is 21.3. The lowest BCUT2D eigenvalue weighted by Crippen LogP contribution is -2.43. The molecule has 152 valence electrons. The molecule has 1 aromatic heterocycles. The van der Waals surface area contributed by atoms with Crippen LogP contribution in [0, 0.1) is 6.92 Å². The molecule has 6 nitrogen and oxygen atoms in total. The predicted octanol–water partition coefficient (Wildman–Crippen LogP) is 5.06. The van der Waals surface area contributed by atoms with Gasteiger partial charge >= 0.3 is 5.97 Å². The summed E-state index contributed by atoms with van der Waals surface area (Å²) in [5.41, 5.74) is 7.29. The van der Waals surface area contributed by atoms with Gasteiger partial charge < -0.3 is 20.2 Å². The summed E-state index contributed by atoms with van der Waals surface area (Å²) in [7, 11) is -0.633. The second kappa shape index (κ2) is 7.96. The lowest BCUT2D eigenvalue weighted by Gasteiger charge is -2.36. The lowest BCUT2D eigenvalue weighted by molar-refractivity contribution is 0.0601. The van der Waals surface area contributed by atoms with Gasteiger partial charge in [0.25, 0.3) is 5.91 Å². The maximum atomic E-state index is 12.6. The smallest absolute Gasteiger partial charge is 0.341 e. The van der Waals surface area contributed by atoms with Crippen LogP contribution in [0.1, 0.15) is 46.4 Å². The highest BCUT2D eigenvalue weighted by Crippen LogP contribution is 2.37. The average molecular weight is 421 g/mol. The first-order chi connectivity index (χ1) is 12.9. The van der Waals surface area contributed by atoms with Crippen LogP contribution in [0.3, 0.4) is 0 Å². The fourth-order valence-corrected chi connectivity index (χ4v) is 4.34. The van der Waals surface area contributed by atoms with E-state index < -0.39 is 14.3 Å². The first-order valence-corrected chi connectivity index (χ1v) is 12.7. The molecule has 0 bridgehead atoms. The van der Waals surface area contributed by atoms with Crippen LogP contribution in [0.4, 0.5) is 10.7 Å². The van der Waals surface area contributed by atoms with Gasteiger partial charge in [0.1, 0.15) is 10.8 Å². The number of carbonyl (C=O) groups is 2. The van der Waals surface area contributed by atoms with Gasteiger partial charge in [0.05, 0.1) is 17.6 Å². The predicted molar refractivity (Wildman–Crippen MR) is 117 cm³/mol. The minimum absolute atomic E-state index is 0.105. The van der Waals surface area contributed by atoms with Crippen molar-refractivity contribution in [1.29, 1.82) is 0 Å². The summed E-state index contributed by atoms with van der Waals surface area (Å²) in [5.74, 6) is -0.0750. The topological polar surface area (TPSA) is 90.7 Å². The van der Waals surface area contributed by atoms with Crippen LogP contribution >= 0.6 is 11.3 Å². The Morgan fingerprint density at radius 1 is 1.14 bits per heavy atom. The van der Waals surface area contributed by atoms with E-state index in [9.17, 15) is 9.59 Å². The van der Waals surface area contributed by atoms with E-state index in [1.807, 2.05) is 12.1 Å². The van der Waals surface area contributed by atoms with Crippen LogP contribution in [-0.4, -0.2) is 27.3 Å². The number of carbonyl (C=O) groups excluding carboxylic acids is 2. The maximum Gasteiger partial charge on any atom is 0.341 e. The van der Waals surface area contributed by atoms with Crippen molar-refractivity contribution in [2.24, 2.45) is 0 Å². The molecule has 0 spiro atoms. The zero-order valence-corrected chi connectivity index (χ0v) is 19.2. The number of benzene rings is 1. The number of methoxy groups -OCH3 is 1. The third-order valence-electron chi connectivity index (χ3n) is 5.06. The van der Waals surface area contributed by atoms with E-state index >= 15 is 0 Å². The van der Waals surface area contributed by atoms with Crippen LogP contribution in [0.5, 0.6) is 5.75 Å². The number of thiophene rings is 1. The van der Waals surface area contributed by atoms with Gasteiger partial charge in [0.15, 0.2) is 0 Å². The van der Waals surface area contributed by atoms with E-state index in [1.54, 1.807) is 19.1 Å². The number of anilines is 2. The van der Waals surface area contributed by atoms with Gasteiger partial charge in [0.2, 0.25) is 8.32 Å². The molecular weight excluding hydrogens is 392 g/mol. The summed E-state index contributed by atoms with van der Waals surface area (Å²) in [5, 5.41) is 3.21. The Morgan fingerprint density at radius 2 is 1.71 bits per heavy atom. The van der Waals surface area contributed by atoms with Crippen molar-refractivity contribution in [3.8, 4) is 5.75 Å². The fourth-order valence-electron chi connectivity index (χ4n) is 2.35. The maximum absolute atomic E-state index is 12.6. The van der Waals surface area contributed by atoms with Crippen molar-refractivity contribution in [3.05, 3.63) is 40.3 Å². The second-order valence-electron chi connectivity index (χ2n) is 8.13. The SMILES string of the molecule is COC(=O)c1c(N)sc(C(=O)Nc2ccc(O[Si](C)(C)C(C)(C)C)cc2)c1C. The molecule has 0 radical (unpaired) electrons. The minimum Gasteiger partial charge on any atom is -0.544 e. The molecule has 8 heteroatoms.